The summed E-state index contributed by atoms with van der Waals surface area (Å²) in [5.74, 6) is -2.04. The van der Waals surface area contributed by atoms with E-state index >= 15 is 0 Å². The molecule has 0 spiro atoms. The van der Waals surface area contributed by atoms with Crippen molar-refractivity contribution in [2.24, 2.45) is 11.8 Å². The van der Waals surface area contributed by atoms with Crippen molar-refractivity contribution in [2.45, 2.75) is 105 Å². The maximum absolute atomic E-state index is 14.0. The summed E-state index contributed by atoms with van der Waals surface area (Å²) in [5, 5.41) is 14.5. The zero-order valence-corrected chi connectivity index (χ0v) is 33.8. The maximum atomic E-state index is 14.0. The monoisotopic (exact) mass is 909 g/mol. The number of halogens is 2. The molecule has 263 valence electrons. The van der Waals surface area contributed by atoms with E-state index in [1.54, 1.807) is 0 Å². The van der Waals surface area contributed by atoms with E-state index in [9.17, 15) is 18.7 Å². The molecule has 0 aliphatic heterocycles. The molecule has 3 aromatic carbocycles. The third-order valence-electron chi connectivity index (χ3n) is 9.87. The number of benzene rings is 3. The van der Waals surface area contributed by atoms with Gasteiger partial charge in [-0.1, -0.05) is 27.7 Å². The third kappa shape index (κ3) is 8.45. The van der Waals surface area contributed by atoms with Gasteiger partial charge in [0.1, 0.15) is 0 Å². The van der Waals surface area contributed by atoms with Gasteiger partial charge in [-0.3, -0.25) is 4.79 Å². The van der Waals surface area contributed by atoms with Crippen LogP contribution in [0.5, 0.6) is 0 Å². The van der Waals surface area contributed by atoms with Crippen LogP contribution in [0, 0.1) is 17.9 Å². The van der Waals surface area contributed by atoms with E-state index in [-0.39, 0.29) is 76.2 Å². The number of rotatable bonds is 8. The largest absolute Gasteiger partial charge is 0.512 e. The predicted octanol–water partition coefficient (Wildman–Crippen LogP) is 11.4. The molecule has 1 radical (unpaired) electrons. The van der Waals surface area contributed by atoms with Crippen LogP contribution in [0.2, 0.25) is 0 Å². The Morgan fingerprint density at radius 1 is 0.959 bits per heavy atom. The third-order valence-corrected chi connectivity index (χ3v) is 12.6. The molecule has 0 unspecified atom stereocenters. The van der Waals surface area contributed by atoms with Crippen LogP contribution in [0.15, 0.2) is 66.6 Å². The fourth-order valence-electron chi connectivity index (χ4n) is 6.93. The molecule has 2 aromatic heterocycles. The zero-order chi connectivity index (χ0) is 34.8. The molecule has 6 rings (SSSR count). The molecular formula is C42H48F2IrNO2Se-. The van der Waals surface area contributed by atoms with Crippen molar-refractivity contribution in [3.05, 3.63) is 89.3 Å². The Balaban J connectivity index is 0.000000290. The maximum Gasteiger partial charge on any atom is 0.162 e. The van der Waals surface area contributed by atoms with Gasteiger partial charge in [0.25, 0.3) is 0 Å². The summed E-state index contributed by atoms with van der Waals surface area (Å²) < 4.78 is 30.6. The van der Waals surface area contributed by atoms with E-state index in [0.29, 0.717) is 6.42 Å². The minimum Gasteiger partial charge on any atom is -0.512 e. The second-order valence-corrected chi connectivity index (χ2v) is 16.3. The molecule has 0 fully saturated rings. The van der Waals surface area contributed by atoms with Crippen LogP contribution in [0.3, 0.4) is 0 Å². The first-order valence-electron chi connectivity index (χ1n) is 17.4. The molecule has 5 aromatic rings. The number of aliphatic hydroxyl groups is 1. The van der Waals surface area contributed by atoms with Crippen LogP contribution in [-0.2, 0) is 43.2 Å². The van der Waals surface area contributed by atoms with Crippen LogP contribution in [0.25, 0.3) is 41.3 Å². The molecule has 2 heterocycles. The summed E-state index contributed by atoms with van der Waals surface area (Å²) in [5.41, 5.74) is 5.24. The van der Waals surface area contributed by atoms with E-state index < -0.39 is 5.92 Å². The number of carbonyl (C=O) groups excluding carboxylic acids is 1. The molecule has 0 bridgehead atoms. The number of nitrogens with zero attached hydrogens (tertiary/aromatic N) is 1. The van der Waals surface area contributed by atoms with E-state index in [0.717, 1.165) is 53.5 Å². The number of aryl methyl sites for hydroxylation is 1. The van der Waals surface area contributed by atoms with Crippen LogP contribution < -0.4 is 0 Å². The number of ketones is 1. The quantitative estimate of drug-likeness (QED) is 0.0730. The van der Waals surface area contributed by atoms with Crippen molar-refractivity contribution in [3.8, 4) is 11.3 Å². The topological polar surface area (TPSA) is 50.2 Å². The van der Waals surface area contributed by atoms with E-state index in [4.69, 9.17) is 4.98 Å². The van der Waals surface area contributed by atoms with Crippen molar-refractivity contribution in [3.63, 3.8) is 0 Å². The summed E-state index contributed by atoms with van der Waals surface area (Å²) >= 11 is 0.0353. The fraction of sp³-hybridized carbons (Fsp3) is 0.429. The van der Waals surface area contributed by atoms with Gasteiger partial charge >= 0.3 is 198 Å². The van der Waals surface area contributed by atoms with Gasteiger partial charge in [0.05, 0.1) is 5.76 Å². The summed E-state index contributed by atoms with van der Waals surface area (Å²) in [6.45, 7) is 14.8. The number of fused-ring (bicyclic) bond motifs is 6. The zero-order valence-electron chi connectivity index (χ0n) is 29.7. The Morgan fingerprint density at radius 2 is 1.61 bits per heavy atom. The molecule has 0 saturated heterocycles. The van der Waals surface area contributed by atoms with Gasteiger partial charge in [0, 0.05) is 38.0 Å². The van der Waals surface area contributed by atoms with Gasteiger partial charge < -0.3 is 5.11 Å². The van der Waals surface area contributed by atoms with Crippen molar-refractivity contribution in [2.75, 3.05) is 0 Å². The predicted molar refractivity (Wildman–Crippen MR) is 198 cm³/mol. The summed E-state index contributed by atoms with van der Waals surface area (Å²) in [7, 11) is 0. The molecule has 7 heteroatoms. The molecule has 0 atom stereocenters. The number of alkyl halides is 2. The second-order valence-electron chi connectivity index (χ2n) is 14.1. The first-order chi connectivity index (χ1) is 22.8. The second kappa shape index (κ2) is 16.1. The number of aromatic nitrogens is 1. The number of aliphatic hydroxyl groups excluding tert-OH is 1. The minimum absolute atomic E-state index is 0. The number of pyridine rings is 1. The van der Waals surface area contributed by atoms with Crippen LogP contribution in [-0.4, -0.2) is 36.3 Å². The Labute approximate surface area is 309 Å². The van der Waals surface area contributed by atoms with E-state index in [2.05, 4.69) is 69.3 Å². The Bertz CT molecular complexity index is 1970. The molecule has 49 heavy (non-hydrogen) atoms. The van der Waals surface area contributed by atoms with Crippen molar-refractivity contribution in [1.82, 2.24) is 4.98 Å². The first kappa shape index (κ1) is 39.1. The average molecular weight is 908 g/mol. The van der Waals surface area contributed by atoms with Gasteiger partial charge in [0.2, 0.25) is 0 Å². The Hall–Kier alpha value is -2.69. The average Bonchev–Trinajstić information content (AvgIpc) is 3.44. The number of hydrogen-bond donors (Lipinski definition) is 1. The van der Waals surface area contributed by atoms with Gasteiger partial charge in [0.15, 0.2) is 5.78 Å². The van der Waals surface area contributed by atoms with Crippen molar-refractivity contribution in [1.29, 1.82) is 0 Å². The minimum atomic E-state index is -2.59. The first-order valence-corrected chi connectivity index (χ1v) is 19.1. The number of hydrogen-bond acceptors (Lipinski definition) is 3. The molecule has 3 nitrogen and oxygen atoms in total. The Morgan fingerprint density at radius 3 is 2.27 bits per heavy atom. The van der Waals surface area contributed by atoms with Crippen LogP contribution in [0.1, 0.15) is 97.3 Å². The molecule has 1 aliphatic rings. The molecule has 0 saturated carbocycles. The molecule has 1 aliphatic carbocycles. The van der Waals surface area contributed by atoms with Crippen LogP contribution in [0.4, 0.5) is 8.78 Å². The normalized spacial score (nSPS) is 14.6. The van der Waals surface area contributed by atoms with Gasteiger partial charge in [-0.05, 0) is 25.7 Å². The fourth-order valence-corrected chi connectivity index (χ4v) is 9.86. The molecule has 0 amide bonds. The summed E-state index contributed by atoms with van der Waals surface area (Å²) in [6.07, 6.45) is 7.05. The molecular weight excluding hydrogens is 860 g/mol. The number of allylic oxidation sites excluding steroid dienone is 2. The van der Waals surface area contributed by atoms with Crippen molar-refractivity contribution < 1.29 is 38.8 Å². The van der Waals surface area contributed by atoms with E-state index in [1.807, 2.05) is 40.0 Å². The van der Waals surface area contributed by atoms with Gasteiger partial charge in [-0.15, -0.1) is 0 Å². The van der Waals surface area contributed by atoms with Gasteiger partial charge in [-0.25, -0.2) is 0 Å². The van der Waals surface area contributed by atoms with Gasteiger partial charge in [-0.2, -0.15) is 0 Å². The van der Waals surface area contributed by atoms with E-state index in [1.165, 1.54) is 36.3 Å². The summed E-state index contributed by atoms with van der Waals surface area (Å²) in [4.78, 5) is 16.5. The summed E-state index contributed by atoms with van der Waals surface area (Å²) in [6, 6.07) is 20.4. The Kier molecular flexibility index (Phi) is 12.9. The van der Waals surface area contributed by atoms with Crippen molar-refractivity contribution >= 4 is 50.4 Å². The number of carbonyl (C=O) groups is 1. The smallest absolute Gasteiger partial charge is 0.162 e. The van der Waals surface area contributed by atoms with Crippen LogP contribution >= 0.6 is 0 Å². The molecule has 1 N–H and O–H groups in total. The standard InChI is InChI=1S/C29H24F2NSe.C13H24O2.Ir/c1-28(2,3)24-15-19(14-17-6-4-5-7-20(17)24)25-27-23(11-13-32-25)22-9-8-18-16-29(30,31)12-10-21(18)26(22)33-27;1-5-10(6-2)12(14)9-13(15)11(7-3)8-4;/h4-9,11,13,15H,10,12,16H2,1-3H3;9-11,14H,5-8H2,1-4H3;/q-1;;/b;12-9-;. The SMILES string of the molecule is CC(C)(C)c1cc(-c2nccc3c2[se]c2c4c(ccc23)CC(F)(F)CC4)[c-]c2ccccc12.CCC(CC)C(=O)/C=C(\O)C(CC)CC.[Ir].